The van der Waals surface area contributed by atoms with Gasteiger partial charge in [0.15, 0.2) is 0 Å². The number of pyridine rings is 1. The first kappa shape index (κ1) is 24.4. The fraction of sp³-hybridized carbons (Fsp3) is 0.321. The fourth-order valence-electron chi connectivity index (χ4n) is 4.14. The lowest BCUT2D eigenvalue weighted by Gasteiger charge is -2.33. The molecule has 0 unspecified atom stereocenters. The Morgan fingerprint density at radius 2 is 1.74 bits per heavy atom. The van der Waals surface area contributed by atoms with Crippen molar-refractivity contribution >= 4 is 23.3 Å². The van der Waals surface area contributed by atoms with Gasteiger partial charge in [0, 0.05) is 26.7 Å². The normalized spacial score (nSPS) is 15.6. The maximum atomic E-state index is 13.3. The van der Waals surface area contributed by atoms with Crippen molar-refractivity contribution in [1.29, 1.82) is 0 Å². The molecule has 2 aromatic carbocycles. The molecule has 2 N–H and O–H groups in total. The van der Waals surface area contributed by atoms with E-state index in [1.54, 1.807) is 17.2 Å². The third-order valence-corrected chi connectivity index (χ3v) is 6.49. The van der Waals surface area contributed by atoms with Crippen molar-refractivity contribution in [2.45, 2.75) is 25.8 Å². The van der Waals surface area contributed by atoms with E-state index in [2.05, 4.69) is 53.7 Å². The molecule has 1 aliphatic heterocycles. The van der Waals surface area contributed by atoms with Crippen molar-refractivity contribution in [1.82, 2.24) is 15.2 Å². The zero-order valence-electron chi connectivity index (χ0n) is 20.6. The van der Waals surface area contributed by atoms with Gasteiger partial charge >= 0.3 is 0 Å². The largest absolute Gasteiger partial charge is 0.359 e. The highest BCUT2D eigenvalue weighted by molar-refractivity contribution is 5.95. The van der Waals surface area contributed by atoms with Crippen molar-refractivity contribution in [2.24, 2.45) is 0 Å². The SMILES string of the molecule is Cc1ccc([C@@H](C)CN[C@H](C(=O)Nc2ccc(N3CCN(C)C(=O)C3)cn2)c2ccccc2)cc1. The lowest BCUT2D eigenvalue weighted by atomic mass is 9.98. The molecule has 0 saturated carbocycles. The Kier molecular flexibility index (Phi) is 7.77. The summed E-state index contributed by atoms with van der Waals surface area (Å²) in [4.78, 5) is 33.5. The molecule has 1 saturated heterocycles. The van der Waals surface area contributed by atoms with Crippen molar-refractivity contribution < 1.29 is 9.59 Å². The van der Waals surface area contributed by atoms with Gasteiger partial charge in [0.25, 0.3) is 0 Å². The zero-order valence-corrected chi connectivity index (χ0v) is 20.6. The predicted molar refractivity (Wildman–Crippen MR) is 139 cm³/mol. The molecule has 0 aliphatic carbocycles. The molecular weight excluding hydrogens is 438 g/mol. The first-order chi connectivity index (χ1) is 16.9. The number of piperazine rings is 1. The van der Waals surface area contributed by atoms with Crippen molar-refractivity contribution in [3.05, 3.63) is 89.6 Å². The Labute approximate surface area is 207 Å². The molecule has 1 aliphatic rings. The molecule has 2 atom stereocenters. The van der Waals surface area contributed by atoms with Crippen LogP contribution in [0.25, 0.3) is 0 Å². The molecule has 4 rings (SSSR count). The van der Waals surface area contributed by atoms with Gasteiger partial charge in [-0.15, -0.1) is 0 Å². The van der Waals surface area contributed by atoms with E-state index in [-0.39, 0.29) is 17.7 Å². The standard InChI is InChI=1S/C28H33N5O2/c1-20-9-11-22(12-10-20)21(2)17-30-27(23-7-5-4-6-8-23)28(35)31-25-14-13-24(18-29-25)33-16-15-32(3)26(34)19-33/h4-14,18,21,27,30H,15-17,19H2,1-3H3,(H,29,31,35)/t21-,27-/m0/s1. The van der Waals surface area contributed by atoms with Crippen molar-refractivity contribution in [3.8, 4) is 0 Å². The number of hydrogen-bond donors (Lipinski definition) is 2. The third kappa shape index (κ3) is 6.25. The van der Waals surface area contributed by atoms with Gasteiger partial charge in [0.1, 0.15) is 11.9 Å². The van der Waals surface area contributed by atoms with Crippen LogP contribution < -0.4 is 15.5 Å². The summed E-state index contributed by atoms with van der Waals surface area (Å²) in [7, 11) is 1.81. The molecule has 182 valence electrons. The molecule has 2 amide bonds. The Morgan fingerprint density at radius 1 is 1.00 bits per heavy atom. The van der Waals surface area contributed by atoms with Crippen LogP contribution >= 0.6 is 0 Å². The maximum Gasteiger partial charge on any atom is 0.247 e. The number of rotatable bonds is 8. The van der Waals surface area contributed by atoms with Crippen LogP contribution in [0.3, 0.4) is 0 Å². The highest BCUT2D eigenvalue weighted by Gasteiger charge is 2.23. The van der Waals surface area contributed by atoms with E-state index in [0.29, 0.717) is 25.5 Å². The molecular formula is C28H33N5O2. The van der Waals surface area contributed by atoms with Gasteiger partial charge in [0.05, 0.1) is 18.4 Å². The first-order valence-electron chi connectivity index (χ1n) is 12.0. The number of anilines is 2. The van der Waals surface area contributed by atoms with E-state index in [0.717, 1.165) is 17.8 Å². The maximum absolute atomic E-state index is 13.3. The summed E-state index contributed by atoms with van der Waals surface area (Å²) < 4.78 is 0. The predicted octanol–water partition coefficient (Wildman–Crippen LogP) is 3.74. The molecule has 0 spiro atoms. The quantitative estimate of drug-likeness (QED) is 0.523. The van der Waals surface area contributed by atoms with E-state index in [1.165, 1.54) is 11.1 Å². The average molecular weight is 472 g/mol. The summed E-state index contributed by atoms with van der Waals surface area (Å²) in [6.45, 7) is 6.66. The second-order valence-corrected chi connectivity index (χ2v) is 9.19. The van der Waals surface area contributed by atoms with Gasteiger partial charge < -0.3 is 20.4 Å². The molecule has 7 heteroatoms. The van der Waals surface area contributed by atoms with Crippen LogP contribution in [0, 0.1) is 6.92 Å². The van der Waals surface area contributed by atoms with Gasteiger partial charge in [-0.25, -0.2) is 4.98 Å². The van der Waals surface area contributed by atoms with Crippen LogP contribution in [0.4, 0.5) is 11.5 Å². The minimum Gasteiger partial charge on any atom is -0.359 e. The number of nitrogens with one attached hydrogen (secondary N) is 2. The lowest BCUT2D eigenvalue weighted by molar-refractivity contribution is -0.129. The Bertz CT molecular complexity index is 1130. The number of carbonyl (C=O) groups is 2. The van der Waals surface area contributed by atoms with E-state index >= 15 is 0 Å². The molecule has 35 heavy (non-hydrogen) atoms. The van der Waals surface area contributed by atoms with E-state index in [4.69, 9.17) is 0 Å². The number of nitrogens with zero attached hydrogens (tertiary/aromatic N) is 3. The number of likely N-dealkylation sites (N-methyl/N-ethyl adjacent to an activating group) is 1. The summed E-state index contributed by atoms with van der Waals surface area (Å²) in [6.07, 6.45) is 1.71. The average Bonchev–Trinajstić information content (AvgIpc) is 2.87. The van der Waals surface area contributed by atoms with Gasteiger partial charge in [-0.3, -0.25) is 9.59 Å². The van der Waals surface area contributed by atoms with Crippen LogP contribution in [-0.2, 0) is 9.59 Å². The van der Waals surface area contributed by atoms with Crippen LogP contribution in [-0.4, -0.2) is 54.9 Å². The molecule has 0 radical (unpaired) electrons. The molecule has 0 bridgehead atoms. The minimum atomic E-state index is -0.513. The summed E-state index contributed by atoms with van der Waals surface area (Å²) in [5.41, 5.74) is 4.23. The van der Waals surface area contributed by atoms with Crippen LogP contribution in [0.5, 0.6) is 0 Å². The third-order valence-electron chi connectivity index (χ3n) is 6.49. The van der Waals surface area contributed by atoms with Gasteiger partial charge in [-0.1, -0.05) is 67.1 Å². The number of carbonyl (C=O) groups excluding carboxylic acids is 2. The van der Waals surface area contributed by atoms with Gasteiger partial charge in [0.2, 0.25) is 11.8 Å². The van der Waals surface area contributed by atoms with Gasteiger partial charge in [-0.05, 0) is 36.1 Å². The van der Waals surface area contributed by atoms with Crippen LogP contribution in [0.15, 0.2) is 72.9 Å². The van der Waals surface area contributed by atoms with Crippen LogP contribution in [0.1, 0.15) is 35.6 Å². The topological polar surface area (TPSA) is 77.6 Å². The lowest BCUT2D eigenvalue weighted by Crippen LogP contribution is -2.48. The summed E-state index contributed by atoms with van der Waals surface area (Å²) >= 11 is 0. The fourth-order valence-corrected chi connectivity index (χ4v) is 4.14. The second-order valence-electron chi connectivity index (χ2n) is 9.19. The van der Waals surface area contributed by atoms with Crippen LogP contribution in [0.2, 0.25) is 0 Å². The van der Waals surface area contributed by atoms with E-state index < -0.39 is 6.04 Å². The monoisotopic (exact) mass is 471 g/mol. The number of hydrogen-bond acceptors (Lipinski definition) is 5. The number of aryl methyl sites for hydroxylation is 1. The number of aromatic nitrogens is 1. The number of amides is 2. The highest BCUT2D eigenvalue weighted by atomic mass is 16.2. The van der Waals surface area contributed by atoms with Crippen molar-refractivity contribution in [3.63, 3.8) is 0 Å². The Hall–Kier alpha value is -3.71. The highest BCUT2D eigenvalue weighted by Crippen LogP contribution is 2.21. The van der Waals surface area contributed by atoms with E-state index in [9.17, 15) is 9.59 Å². The van der Waals surface area contributed by atoms with Gasteiger partial charge in [-0.2, -0.15) is 0 Å². The summed E-state index contributed by atoms with van der Waals surface area (Å²) in [5, 5.41) is 6.40. The molecule has 7 nitrogen and oxygen atoms in total. The zero-order chi connectivity index (χ0) is 24.8. The Balaban J connectivity index is 1.42. The minimum absolute atomic E-state index is 0.0882. The van der Waals surface area contributed by atoms with E-state index in [1.807, 2.05) is 48.3 Å². The summed E-state index contributed by atoms with van der Waals surface area (Å²) in [5.74, 6) is 0.652. The number of benzene rings is 2. The smallest absolute Gasteiger partial charge is 0.247 e. The molecule has 2 heterocycles. The first-order valence-corrected chi connectivity index (χ1v) is 12.0. The summed E-state index contributed by atoms with van der Waals surface area (Å²) in [6, 6.07) is 21.4. The molecule has 1 aromatic heterocycles. The second kappa shape index (κ2) is 11.1. The van der Waals surface area contributed by atoms with Crippen molar-refractivity contribution in [2.75, 3.05) is 43.4 Å². The Morgan fingerprint density at radius 3 is 2.40 bits per heavy atom. The molecule has 3 aromatic rings. The molecule has 1 fully saturated rings.